The first-order valence-corrected chi connectivity index (χ1v) is 9.60. The molecule has 4 saturated carbocycles. The van der Waals surface area contributed by atoms with Gasteiger partial charge in [-0.2, -0.15) is 0 Å². The van der Waals surface area contributed by atoms with Crippen molar-refractivity contribution in [1.82, 2.24) is 5.32 Å². The Labute approximate surface area is 149 Å². The van der Waals surface area contributed by atoms with Crippen molar-refractivity contribution in [3.05, 3.63) is 35.4 Å². The number of aryl methyl sites for hydroxylation is 1. The van der Waals surface area contributed by atoms with E-state index in [1.807, 2.05) is 31.2 Å². The van der Waals surface area contributed by atoms with Crippen LogP contribution in [0.3, 0.4) is 0 Å². The molecule has 0 unspecified atom stereocenters. The smallest absolute Gasteiger partial charge is 0.240 e. The second kappa shape index (κ2) is 6.15. The number of amides is 2. The van der Waals surface area contributed by atoms with Gasteiger partial charge < -0.3 is 11.1 Å². The summed E-state index contributed by atoms with van der Waals surface area (Å²) in [4.78, 5) is 25.2. The van der Waals surface area contributed by atoms with Crippen LogP contribution in [0.15, 0.2) is 24.3 Å². The third kappa shape index (κ3) is 3.07. The number of nitrogens with two attached hydrogens (primary N) is 1. The highest BCUT2D eigenvalue weighted by atomic mass is 16.2. The minimum absolute atomic E-state index is 0.0731. The fourth-order valence-electron chi connectivity index (χ4n) is 5.98. The lowest BCUT2D eigenvalue weighted by Gasteiger charge is -2.55. The number of primary amides is 1. The maximum absolute atomic E-state index is 13.2. The third-order valence-electron chi connectivity index (χ3n) is 6.85. The Balaban J connectivity index is 1.50. The monoisotopic (exact) mass is 340 g/mol. The Morgan fingerprint density at radius 1 is 1.12 bits per heavy atom. The van der Waals surface area contributed by atoms with Gasteiger partial charge in [0, 0.05) is 11.8 Å². The zero-order valence-corrected chi connectivity index (χ0v) is 15.0. The number of benzene rings is 1. The van der Waals surface area contributed by atoms with Gasteiger partial charge in [0.1, 0.15) is 6.04 Å². The minimum Gasteiger partial charge on any atom is -0.368 e. The maximum Gasteiger partial charge on any atom is 0.240 e. The summed E-state index contributed by atoms with van der Waals surface area (Å²) in [6, 6.07) is 7.34. The first-order valence-electron chi connectivity index (χ1n) is 9.60. The molecule has 0 aromatic heterocycles. The van der Waals surface area contributed by atoms with Gasteiger partial charge in [0.05, 0.1) is 0 Å². The zero-order valence-electron chi connectivity index (χ0n) is 15.0. The standard InChI is InChI=1S/C21H28N2O2/c1-13-4-2-3-5-17(13)9-18(19(22)24)23-20(25)21-10-14-6-15(11-21)8-16(7-14)12-21/h2-5,14-16,18H,6-12H2,1H3,(H2,22,24)(H,23,25)/t14?,15?,16?,18-,21?/m0/s1. The molecule has 4 nitrogen and oxygen atoms in total. The van der Waals surface area contributed by atoms with Crippen molar-refractivity contribution in [2.75, 3.05) is 0 Å². The first-order chi connectivity index (χ1) is 11.9. The molecule has 0 heterocycles. The fourth-order valence-corrected chi connectivity index (χ4v) is 5.98. The summed E-state index contributed by atoms with van der Waals surface area (Å²) < 4.78 is 0. The molecule has 5 rings (SSSR count). The lowest BCUT2D eigenvalue weighted by molar-refractivity contribution is -0.148. The Morgan fingerprint density at radius 2 is 1.68 bits per heavy atom. The number of hydrogen-bond acceptors (Lipinski definition) is 2. The van der Waals surface area contributed by atoms with Gasteiger partial charge in [-0.3, -0.25) is 9.59 Å². The van der Waals surface area contributed by atoms with Crippen LogP contribution in [-0.4, -0.2) is 17.9 Å². The van der Waals surface area contributed by atoms with Crippen LogP contribution in [0.1, 0.15) is 49.7 Å². The van der Waals surface area contributed by atoms with Crippen LogP contribution in [0.2, 0.25) is 0 Å². The molecule has 1 atom stereocenters. The highest BCUT2D eigenvalue weighted by molar-refractivity contribution is 5.90. The highest BCUT2D eigenvalue weighted by Crippen LogP contribution is 2.60. The van der Waals surface area contributed by atoms with Crippen molar-refractivity contribution in [3.8, 4) is 0 Å². The molecular formula is C21H28N2O2. The average Bonchev–Trinajstić information content (AvgIpc) is 2.54. The van der Waals surface area contributed by atoms with Gasteiger partial charge >= 0.3 is 0 Å². The van der Waals surface area contributed by atoms with Gasteiger partial charge in [-0.25, -0.2) is 0 Å². The third-order valence-corrected chi connectivity index (χ3v) is 6.85. The molecule has 2 amide bonds. The summed E-state index contributed by atoms with van der Waals surface area (Å²) in [5.74, 6) is 1.76. The van der Waals surface area contributed by atoms with Crippen LogP contribution < -0.4 is 11.1 Å². The van der Waals surface area contributed by atoms with E-state index in [4.69, 9.17) is 5.73 Å². The van der Waals surface area contributed by atoms with E-state index in [1.54, 1.807) is 0 Å². The number of carbonyl (C=O) groups excluding carboxylic acids is 2. The quantitative estimate of drug-likeness (QED) is 0.865. The maximum atomic E-state index is 13.2. The molecule has 0 radical (unpaired) electrons. The minimum atomic E-state index is -0.624. The van der Waals surface area contributed by atoms with E-state index < -0.39 is 11.9 Å². The van der Waals surface area contributed by atoms with E-state index in [1.165, 1.54) is 19.3 Å². The van der Waals surface area contributed by atoms with Crippen LogP contribution in [0.5, 0.6) is 0 Å². The Morgan fingerprint density at radius 3 is 2.20 bits per heavy atom. The second-order valence-corrected chi connectivity index (χ2v) is 8.76. The number of carbonyl (C=O) groups is 2. The molecule has 1 aromatic rings. The van der Waals surface area contributed by atoms with E-state index in [0.29, 0.717) is 24.2 Å². The number of hydrogen-bond donors (Lipinski definition) is 2. The molecule has 4 fully saturated rings. The van der Waals surface area contributed by atoms with E-state index >= 15 is 0 Å². The van der Waals surface area contributed by atoms with Crippen LogP contribution >= 0.6 is 0 Å². The van der Waals surface area contributed by atoms with Crippen molar-refractivity contribution < 1.29 is 9.59 Å². The van der Waals surface area contributed by atoms with Crippen LogP contribution in [0.25, 0.3) is 0 Å². The van der Waals surface area contributed by atoms with Crippen molar-refractivity contribution in [3.63, 3.8) is 0 Å². The van der Waals surface area contributed by atoms with Crippen molar-refractivity contribution >= 4 is 11.8 Å². The van der Waals surface area contributed by atoms with E-state index in [9.17, 15) is 9.59 Å². The van der Waals surface area contributed by atoms with Crippen molar-refractivity contribution in [1.29, 1.82) is 0 Å². The summed E-state index contributed by atoms with van der Waals surface area (Å²) in [5.41, 5.74) is 7.57. The lowest BCUT2D eigenvalue weighted by atomic mass is 9.49. The Hall–Kier alpha value is -1.84. The number of nitrogens with one attached hydrogen (secondary N) is 1. The SMILES string of the molecule is Cc1ccccc1C[C@H](NC(=O)C12CC3CC(CC(C3)C1)C2)C(N)=O. The predicted molar refractivity (Wildman–Crippen MR) is 96.6 cm³/mol. The topological polar surface area (TPSA) is 72.2 Å². The summed E-state index contributed by atoms with van der Waals surface area (Å²) in [7, 11) is 0. The Kier molecular flexibility index (Phi) is 4.09. The van der Waals surface area contributed by atoms with Gasteiger partial charge in [0.25, 0.3) is 0 Å². The van der Waals surface area contributed by atoms with E-state index in [2.05, 4.69) is 5.32 Å². The molecule has 0 spiro atoms. The van der Waals surface area contributed by atoms with Gasteiger partial charge in [-0.15, -0.1) is 0 Å². The van der Waals surface area contributed by atoms with Gasteiger partial charge in [-0.05, 0) is 74.3 Å². The molecule has 134 valence electrons. The van der Waals surface area contributed by atoms with Crippen LogP contribution in [0, 0.1) is 30.1 Å². The summed E-state index contributed by atoms with van der Waals surface area (Å²) in [5, 5.41) is 3.04. The molecular weight excluding hydrogens is 312 g/mol. The molecule has 3 N–H and O–H groups in total. The molecule has 4 bridgehead atoms. The molecule has 1 aromatic carbocycles. The number of rotatable bonds is 5. The van der Waals surface area contributed by atoms with Crippen molar-refractivity contribution in [2.45, 2.75) is 57.9 Å². The normalized spacial score (nSPS) is 33.9. The summed E-state index contributed by atoms with van der Waals surface area (Å²) >= 11 is 0. The zero-order chi connectivity index (χ0) is 17.6. The van der Waals surface area contributed by atoms with Crippen LogP contribution in [0.4, 0.5) is 0 Å². The van der Waals surface area contributed by atoms with Gasteiger partial charge in [0.15, 0.2) is 0 Å². The van der Waals surface area contributed by atoms with E-state index in [0.717, 1.165) is 30.4 Å². The lowest BCUT2D eigenvalue weighted by Crippen LogP contribution is -2.57. The van der Waals surface area contributed by atoms with E-state index in [-0.39, 0.29) is 11.3 Å². The Bertz CT molecular complexity index is 662. The molecule has 4 aliphatic rings. The van der Waals surface area contributed by atoms with Gasteiger partial charge in [-0.1, -0.05) is 24.3 Å². The summed E-state index contributed by atoms with van der Waals surface area (Å²) in [6.07, 6.45) is 7.38. The molecule has 0 aliphatic heterocycles. The molecule has 4 heteroatoms. The average molecular weight is 340 g/mol. The molecule has 25 heavy (non-hydrogen) atoms. The largest absolute Gasteiger partial charge is 0.368 e. The van der Waals surface area contributed by atoms with Crippen LogP contribution in [-0.2, 0) is 16.0 Å². The predicted octanol–water partition coefficient (Wildman–Crippen LogP) is 2.72. The van der Waals surface area contributed by atoms with Crippen molar-refractivity contribution in [2.24, 2.45) is 28.9 Å². The fraction of sp³-hybridized carbons (Fsp3) is 0.619. The molecule has 4 aliphatic carbocycles. The first kappa shape index (κ1) is 16.6. The highest BCUT2D eigenvalue weighted by Gasteiger charge is 2.54. The summed E-state index contributed by atoms with van der Waals surface area (Å²) in [6.45, 7) is 2.02. The van der Waals surface area contributed by atoms with Gasteiger partial charge in [0.2, 0.25) is 11.8 Å². The second-order valence-electron chi connectivity index (χ2n) is 8.76. The molecule has 0 saturated heterocycles.